The third kappa shape index (κ3) is 1.40. The van der Waals surface area contributed by atoms with Crippen molar-refractivity contribution in [1.82, 2.24) is 0 Å². The molecule has 4 N–H and O–H groups in total. The van der Waals surface area contributed by atoms with Crippen LogP contribution in [0.3, 0.4) is 0 Å². The second-order valence-electron chi connectivity index (χ2n) is 3.78. The summed E-state index contributed by atoms with van der Waals surface area (Å²) in [6, 6.07) is 7.77. The van der Waals surface area contributed by atoms with Gasteiger partial charge in [0.05, 0.1) is 5.92 Å². The highest BCUT2D eigenvalue weighted by molar-refractivity contribution is 5.83. The maximum atomic E-state index is 11.3. The summed E-state index contributed by atoms with van der Waals surface area (Å²) in [5.74, 6) is -0.621. The normalized spacial score (nSPS) is 25.5. The van der Waals surface area contributed by atoms with Gasteiger partial charge in [0.25, 0.3) is 0 Å². The lowest BCUT2D eigenvalue weighted by Crippen LogP contribution is -2.40. The molecule has 0 saturated heterocycles. The number of amides is 1. The molecule has 3 heteroatoms. The summed E-state index contributed by atoms with van der Waals surface area (Å²) in [4.78, 5) is 11.3. The highest BCUT2D eigenvalue weighted by Crippen LogP contribution is 2.30. The molecule has 1 aliphatic rings. The van der Waals surface area contributed by atoms with Crippen molar-refractivity contribution >= 4 is 5.91 Å². The van der Waals surface area contributed by atoms with E-state index >= 15 is 0 Å². The summed E-state index contributed by atoms with van der Waals surface area (Å²) in [6.07, 6.45) is 1.78. The number of fused-ring (bicyclic) bond motifs is 1. The number of rotatable bonds is 1. The Morgan fingerprint density at radius 1 is 1.36 bits per heavy atom. The summed E-state index contributed by atoms with van der Waals surface area (Å²) in [5, 5.41) is 0. The number of aryl methyl sites for hydroxylation is 1. The minimum Gasteiger partial charge on any atom is -0.369 e. The zero-order chi connectivity index (χ0) is 10.1. The van der Waals surface area contributed by atoms with Crippen LogP contribution >= 0.6 is 0 Å². The lowest BCUT2D eigenvalue weighted by atomic mass is 9.79. The molecule has 74 valence electrons. The van der Waals surface area contributed by atoms with Gasteiger partial charge < -0.3 is 11.5 Å². The number of benzene rings is 1. The molecule has 1 amide bonds. The van der Waals surface area contributed by atoms with Gasteiger partial charge in [-0.2, -0.15) is 0 Å². The Balaban J connectivity index is 2.46. The van der Waals surface area contributed by atoms with Gasteiger partial charge in [-0.3, -0.25) is 4.79 Å². The van der Waals surface area contributed by atoms with Gasteiger partial charge in [-0.25, -0.2) is 0 Å². The number of carbonyl (C=O) groups excluding carboxylic acids is 1. The fourth-order valence-electron chi connectivity index (χ4n) is 2.15. The number of carbonyl (C=O) groups is 1. The van der Waals surface area contributed by atoms with Gasteiger partial charge in [-0.1, -0.05) is 24.3 Å². The van der Waals surface area contributed by atoms with Crippen LogP contribution in [0.25, 0.3) is 0 Å². The predicted molar refractivity (Wildman–Crippen MR) is 54.7 cm³/mol. The van der Waals surface area contributed by atoms with Crippen molar-refractivity contribution < 1.29 is 4.79 Å². The largest absolute Gasteiger partial charge is 0.369 e. The quantitative estimate of drug-likeness (QED) is 0.678. The predicted octanol–water partition coefficient (Wildman–Crippen LogP) is 0.529. The Morgan fingerprint density at radius 2 is 2.07 bits per heavy atom. The number of nitrogens with two attached hydrogens (primary N) is 2. The fraction of sp³-hybridized carbons (Fsp3) is 0.364. The molecule has 1 aromatic rings. The van der Waals surface area contributed by atoms with E-state index < -0.39 is 0 Å². The lowest BCUT2D eigenvalue weighted by Gasteiger charge is -2.28. The number of primary amides is 1. The molecule has 2 rings (SSSR count). The Bertz CT molecular complexity index is 362. The summed E-state index contributed by atoms with van der Waals surface area (Å²) < 4.78 is 0. The molecular weight excluding hydrogens is 176 g/mol. The Kier molecular flexibility index (Phi) is 2.25. The molecule has 0 spiro atoms. The van der Waals surface area contributed by atoms with E-state index in [0.29, 0.717) is 0 Å². The minimum absolute atomic E-state index is 0.123. The molecule has 2 atom stereocenters. The van der Waals surface area contributed by atoms with Crippen molar-refractivity contribution in [3.8, 4) is 0 Å². The highest BCUT2D eigenvalue weighted by atomic mass is 16.1. The molecular formula is C11H14N2O. The summed E-state index contributed by atoms with van der Waals surface area (Å²) >= 11 is 0. The molecule has 0 radical (unpaired) electrons. The van der Waals surface area contributed by atoms with Crippen molar-refractivity contribution in [3.63, 3.8) is 0 Å². The van der Waals surface area contributed by atoms with Gasteiger partial charge in [-0.15, -0.1) is 0 Å². The number of hydrogen-bond acceptors (Lipinski definition) is 2. The smallest absolute Gasteiger partial charge is 0.226 e. The Hall–Kier alpha value is -1.35. The molecule has 0 bridgehead atoms. The standard InChI is InChI=1S/C11H14N2O/c12-9-6-5-7-3-1-2-4-8(7)10(9)11(13)14/h1-4,9-10H,5-6,12H2,(H2,13,14). The maximum absolute atomic E-state index is 11.3. The van der Waals surface area contributed by atoms with Crippen LogP contribution in [0.1, 0.15) is 23.5 Å². The van der Waals surface area contributed by atoms with Crippen molar-refractivity contribution in [2.45, 2.75) is 24.8 Å². The first-order valence-corrected chi connectivity index (χ1v) is 4.83. The van der Waals surface area contributed by atoms with Crippen molar-refractivity contribution in [3.05, 3.63) is 35.4 Å². The van der Waals surface area contributed by atoms with Gasteiger partial charge >= 0.3 is 0 Å². The monoisotopic (exact) mass is 190 g/mol. The van der Waals surface area contributed by atoms with Crippen molar-refractivity contribution in [2.75, 3.05) is 0 Å². The molecule has 2 unspecified atom stereocenters. The van der Waals surface area contributed by atoms with Crippen LogP contribution in [-0.2, 0) is 11.2 Å². The summed E-state index contributed by atoms with van der Waals surface area (Å²) in [6.45, 7) is 0. The van der Waals surface area contributed by atoms with E-state index in [-0.39, 0.29) is 17.9 Å². The van der Waals surface area contributed by atoms with E-state index in [1.54, 1.807) is 0 Å². The van der Waals surface area contributed by atoms with Crippen LogP contribution in [0, 0.1) is 0 Å². The van der Waals surface area contributed by atoms with E-state index in [1.165, 1.54) is 5.56 Å². The van der Waals surface area contributed by atoms with Gasteiger partial charge in [0, 0.05) is 6.04 Å². The van der Waals surface area contributed by atoms with Gasteiger partial charge in [0.15, 0.2) is 0 Å². The van der Waals surface area contributed by atoms with Crippen LogP contribution < -0.4 is 11.5 Å². The van der Waals surface area contributed by atoms with E-state index in [9.17, 15) is 4.79 Å². The van der Waals surface area contributed by atoms with Crippen molar-refractivity contribution in [1.29, 1.82) is 0 Å². The summed E-state index contributed by atoms with van der Waals surface area (Å²) in [7, 11) is 0. The van der Waals surface area contributed by atoms with E-state index in [4.69, 9.17) is 11.5 Å². The third-order valence-corrected chi connectivity index (χ3v) is 2.87. The molecule has 1 aromatic carbocycles. The Morgan fingerprint density at radius 3 is 2.79 bits per heavy atom. The van der Waals surface area contributed by atoms with Crippen LogP contribution in [0.4, 0.5) is 0 Å². The SMILES string of the molecule is NC(=O)C1c2ccccc2CCC1N. The first-order valence-electron chi connectivity index (χ1n) is 4.83. The first-order chi connectivity index (χ1) is 6.70. The Labute approximate surface area is 83.1 Å². The topological polar surface area (TPSA) is 69.1 Å². The maximum Gasteiger partial charge on any atom is 0.226 e. The van der Waals surface area contributed by atoms with Crippen LogP contribution in [0.5, 0.6) is 0 Å². The molecule has 0 aliphatic heterocycles. The third-order valence-electron chi connectivity index (χ3n) is 2.87. The second-order valence-corrected chi connectivity index (χ2v) is 3.78. The zero-order valence-corrected chi connectivity index (χ0v) is 7.94. The lowest BCUT2D eigenvalue weighted by molar-refractivity contribution is -0.120. The molecule has 1 aliphatic carbocycles. The molecule has 0 saturated carbocycles. The number of hydrogen-bond donors (Lipinski definition) is 2. The van der Waals surface area contributed by atoms with Crippen LogP contribution in [0.2, 0.25) is 0 Å². The van der Waals surface area contributed by atoms with E-state index in [0.717, 1.165) is 18.4 Å². The molecule has 14 heavy (non-hydrogen) atoms. The van der Waals surface area contributed by atoms with Crippen molar-refractivity contribution in [2.24, 2.45) is 11.5 Å². The molecule has 0 fully saturated rings. The molecule has 0 heterocycles. The first kappa shape index (κ1) is 9.21. The minimum atomic E-state index is -0.315. The molecule has 3 nitrogen and oxygen atoms in total. The average molecular weight is 190 g/mol. The van der Waals surface area contributed by atoms with E-state index in [2.05, 4.69) is 0 Å². The van der Waals surface area contributed by atoms with Gasteiger partial charge in [-0.05, 0) is 24.0 Å². The summed E-state index contributed by atoms with van der Waals surface area (Å²) in [5.41, 5.74) is 13.5. The van der Waals surface area contributed by atoms with E-state index in [1.807, 2.05) is 24.3 Å². The van der Waals surface area contributed by atoms with Gasteiger partial charge in [0.2, 0.25) is 5.91 Å². The van der Waals surface area contributed by atoms with Gasteiger partial charge in [0.1, 0.15) is 0 Å². The second kappa shape index (κ2) is 3.42. The van der Waals surface area contributed by atoms with Crippen LogP contribution in [0.15, 0.2) is 24.3 Å². The zero-order valence-electron chi connectivity index (χ0n) is 7.94. The highest BCUT2D eigenvalue weighted by Gasteiger charge is 2.30. The van der Waals surface area contributed by atoms with Crippen LogP contribution in [-0.4, -0.2) is 11.9 Å². The fourth-order valence-corrected chi connectivity index (χ4v) is 2.15. The average Bonchev–Trinajstić information content (AvgIpc) is 2.17. The molecule has 0 aromatic heterocycles.